The standard InChI is InChI=1S/C18H30N2O3S/c1-7-10-14(21)19-16-15(17(22)23-8-2)13(3)11-9-12-20(24-16)18(4,5)6/h3,7-12H2,1-2,4-6H3,(H,19,21)/b16-15+. The molecule has 0 aromatic heterocycles. The summed E-state index contributed by atoms with van der Waals surface area (Å²) in [6, 6.07) is 0. The zero-order valence-corrected chi connectivity index (χ0v) is 16.3. The van der Waals surface area contributed by atoms with Gasteiger partial charge >= 0.3 is 5.97 Å². The predicted octanol–water partition coefficient (Wildman–Crippen LogP) is 3.78. The van der Waals surface area contributed by atoms with E-state index in [9.17, 15) is 9.59 Å². The molecular formula is C18H30N2O3S. The van der Waals surface area contributed by atoms with E-state index < -0.39 is 5.97 Å². The third-order valence-corrected chi connectivity index (χ3v) is 5.02. The molecule has 1 rings (SSSR count). The number of nitrogens with one attached hydrogen (secondary N) is 1. The molecule has 0 aliphatic carbocycles. The first-order valence-corrected chi connectivity index (χ1v) is 9.33. The molecule has 136 valence electrons. The van der Waals surface area contributed by atoms with Gasteiger partial charge in [0.2, 0.25) is 5.91 Å². The Morgan fingerprint density at radius 1 is 1.33 bits per heavy atom. The summed E-state index contributed by atoms with van der Waals surface area (Å²) in [6.07, 6.45) is 2.78. The molecule has 1 heterocycles. The van der Waals surface area contributed by atoms with Gasteiger partial charge in [0.05, 0.1) is 12.2 Å². The lowest BCUT2D eigenvalue weighted by molar-refractivity contribution is -0.138. The zero-order chi connectivity index (χ0) is 18.3. The van der Waals surface area contributed by atoms with Crippen LogP contribution in [-0.2, 0) is 14.3 Å². The van der Waals surface area contributed by atoms with Crippen molar-refractivity contribution in [1.82, 2.24) is 9.62 Å². The molecule has 0 radical (unpaired) electrons. The van der Waals surface area contributed by atoms with Crippen molar-refractivity contribution in [2.75, 3.05) is 13.2 Å². The van der Waals surface area contributed by atoms with E-state index in [1.165, 1.54) is 11.9 Å². The topological polar surface area (TPSA) is 58.6 Å². The van der Waals surface area contributed by atoms with Crippen molar-refractivity contribution in [2.45, 2.75) is 65.8 Å². The van der Waals surface area contributed by atoms with E-state index in [1.54, 1.807) is 6.92 Å². The molecule has 24 heavy (non-hydrogen) atoms. The van der Waals surface area contributed by atoms with Crippen LogP contribution in [0.1, 0.15) is 60.3 Å². The van der Waals surface area contributed by atoms with Crippen molar-refractivity contribution in [3.63, 3.8) is 0 Å². The lowest BCUT2D eigenvalue weighted by atomic mass is 10.0. The van der Waals surface area contributed by atoms with Crippen molar-refractivity contribution in [2.24, 2.45) is 0 Å². The summed E-state index contributed by atoms with van der Waals surface area (Å²) < 4.78 is 7.39. The molecule has 6 heteroatoms. The fourth-order valence-electron chi connectivity index (χ4n) is 2.34. The number of ether oxygens (including phenoxy) is 1. The first kappa shape index (κ1) is 20.8. The summed E-state index contributed by atoms with van der Waals surface area (Å²) in [7, 11) is 0. The van der Waals surface area contributed by atoms with Gasteiger partial charge in [0.1, 0.15) is 5.03 Å². The number of rotatable bonds is 5. The van der Waals surface area contributed by atoms with Gasteiger partial charge in [0.25, 0.3) is 0 Å². The van der Waals surface area contributed by atoms with Crippen LogP contribution in [0.15, 0.2) is 22.8 Å². The fraction of sp³-hybridized carbons (Fsp3) is 0.667. The molecule has 5 nitrogen and oxygen atoms in total. The number of amides is 1. The molecule has 0 aromatic rings. The van der Waals surface area contributed by atoms with Crippen LogP contribution in [0.4, 0.5) is 0 Å². The predicted molar refractivity (Wildman–Crippen MR) is 99.1 cm³/mol. The van der Waals surface area contributed by atoms with Crippen LogP contribution >= 0.6 is 11.9 Å². The molecule has 1 aliphatic heterocycles. The minimum atomic E-state index is -0.419. The molecular weight excluding hydrogens is 324 g/mol. The lowest BCUT2D eigenvalue weighted by Crippen LogP contribution is -2.39. The number of carbonyl (C=O) groups is 2. The van der Waals surface area contributed by atoms with Crippen molar-refractivity contribution in [3.05, 3.63) is 22.8 Å². The van der Waals surface area contributed by atoms with Gasteiger partial charge in [0.15, 0.2) is 0 Å². The number of hydrogen-bond donors (Lipinski definition) is 1. The van der Waals surface area contributed by atoms with E-state index in [1.807, 2.05) is 6.92 Å². The number of esters is 1. The van der Waals surface area contributed by atoms with Crippen LogP contribution in [0, 0.1) is 0 Å². The SMILES string of the molecule is C=C1CCCN(C(C)(C)C)S/C(NC(=O)CCC)=C\1C(=O)OCC. The average Bonchev–Trinajstić information content (AvgIpc) is 2.43. The quantitative estimate of drug-likeness (QED) is 0.601. The molecule has 0 atom stereocenters. The zero-order valence-electron chi connectivity index (χ0n) is 15.5. The van der Waals surface area contributed by atoms with Crippen molar-refractivity contribution >= 4 is 23.8 Å². The maximum Gasteiger partial charge on any atom is 0.341 e. The van der Waals surface area contributed by atoms with Crippen molar-refractivity contribution in [1.29, 1.82) is 0 Å². The Labute approximate surface area is 150 Å². The van der Waals surface area contributed by atoms with E-state index in [-0.39, 0.29) is 11.4 Å². The van der Waals surface area contributed by atoms with Gasteiger partial charge < -0.3 is 10.1 Å². The van der Waals surface area contributed by atoms with Crippen LogP contribution in [0.2, 0.25) is 0 Å². The Bertz CT molecular complexity index is 521. The fourth-order valence-corrected chi connectivity index (χ4v) is 3.53. The van der Waals surface area contributed by atoms with Crippen LogP contribution in [0.3, 0.4) is 0 Å². The largest absolute Gasteiger partial charge is 0.462 e. The first-order chi connectivity index (χ1) is 11.2. The summed E-state index contributed by atoms with van der Waals surface area (Å²) in [5.41, 5.74) is 1.03. The van der Waals surface area contributed by atoms with Crippen LogP contribution in [-0.4, -0.2) is 34.9 Å². The molecule has 0 saturated carbocycles. The second kappa shape index (κ2) is 9.28. The molecule has 1 aliphatic rings. The Morgan fingerprint density at radius 2 is 2.00 bits per heavy atom. The van der Waals surface area contributed by atoms with Crippen LogP contribution < -0.4 is 5.32 Å². The summed E-state index contributed by atoms with van der Waals surface area (Å²) in [5.74, 6) is -0.512. The maximum absolute atomic E-state index is 12.5. The summed E-state index contributed by atoms with van der Waals surface area (Å²) in [6.45, 7) is 15.3. The summed E-state index contributed by atoms with van der Waals surface area (Å²) in [4.78, 5) is 24.6. The molecule has 0 fully saturated rings. The summed E-state index contributed by atoms with van der Waals surface area (Å²) in [5, 5.41) is 3.44. The van der Waals surface area contributed by atoms with E-state index in [0.29, 0.717) is 30.1 Å². The summed E-state index contributed by atoms with van der Waals surface area (Å²) >= 11 is 1.41. The van der Waals surface area contributed by atoms with Gasteiger partial charge in [-0.2, -0.15) is 0 Å². The van der Waals surface area contributed by atoms with Crippen LogP contribution in [0.5, 0.6) is 0 Å². The lowest BCUT2D eigenvalue weighted by Gasteiger charge is -2.36. The maximum atomic E-state index is 12.5. The smallest absolute Gasteiger partial charge is 0.341 e. The Morgan fingerprint density at radius 3 is 2.54 bits per heavy atom. The van der Waals surface area contributed by atoms with Gasteiger partial charge in [-0.3, -0.25) is 4.79 Å². The highest BCUT2D eigenvalue weighted by atomic mass is 32.2. The molecule has 0 saturated heterocycles. The number of carbonyl (C=O) groups excluding carboxylic acids is 2. The van der Waals surface area contributed by atoms with Gasteiger partial charge in [-0.1, -0.05) is 13.5 Å². The Hall–Kier alpha value is -1.27. The number of nitrogens with zero attached hydrogens (tertiary/aromatic N) is 1. The second-order valence-electron chi connectivity index (χ2n) is 6.79. The third kappa shape index (κ3) is 5.98. The van der Waals surface area contributed by atoms with Gasteiger partial charge in [-0.25, -0.2) is 9.10 Å². The normalized spacial score (nSPS) is 20.3. The van der Waals surface area contributed by atoms with Crippen LogP contribution in [0.25, 0.3) is 0 Å². The minimum Gasteiger partial charge on any atom is -0.462 e. The Kier molecular flexibility index (Phi) is 8.03. The van der Waals surface area contributed by atoms with E-state index in [0.717, 1.165) is 25.0 Å². The Balaban J connectivity index is 3.27. The highest BCUT2D eigenvalue weighted by Gasteiger charge is 2.30. The molecule has 0 aromatic carbocycles. The minimum absolute atomic E-state index is 0.0934. The van der Waals surface area contributed by atoms with Crippen molar-refractivity contribution < 1.29 is 14.3 Å². The third-order valence-electron chi connectivity index (χ3n) is 3.58. The highest BCUT2D eigenvalue weighted by Crippen LogP contribution is 2.35. The molecule has 1 amide bonds. The number of hydrogen-bond acceptors (Lipinski definition) is 5. The molecule has 0 spiro atoms. The van der Waals surface area contributed by atoms with Gasteiger partial charge in [-0.15, -0.1) is 0 Å². The first-order valence-electron chi connectivity index (χ1n) is 8.55. The van der Waals surface area contributed by atoms with E-state index in [2.05, 4.69) is 37.0 Å². The van der Waals surface area contributed by atoms with E-state index in [4.69, 9.17) is 4.74 Å². The molecule has 1 N–H and O–H groups in total. The highest BCUT2D eigenvalue weighted by molar-refractivity contribution is 8.00. The van der Waals surface area contributed by atoms with Crippen molar-refractivity contribution in [3.8, 4) is 0 Å². The molecule has 0 bridgehead atoms. The van der Waals surface area contributed by atoms with Gasteiger partial charge in [-0.05, 0) is 64.5 Å². The monoisotopic (exact) mass is 354 g/mol. The second-order valence-corrected chi connectivity index (χ2v) is 7.83. The van der Waals surface area contributed by atoms with E-state index >= 15 is 0 Å². The van der Waals surface area contributed by atoms with Gasteiger partial charge in [0, 0.05) is 18.5 Å². The molecule has 0 unspecified atom stereocenters. The average molecular weight is 355 g/mol.